The highest BCUT2D eigenvalue weighted by Crippen LogP contribution is 2.39. The fourth-order valence-corrected chi connectivity index (χ4v) is 3.63. The molecule has 1 fully saturated rings. The number of rotatable bonds is 4. The Morgan fingerprint density at radius 2 is 1.67 bits per heavy atom. The first kappa shape index (κ1) is 20.3. The van der Waals surface area contributed by atoms with Crippen LogP contribution in [0, 0.1) is 0 Å². The van der Waals surface area contributed by atoms with Crippen molar-refractivity contribution in [2.45, 2.75) is 6.18 Å². The van der Waals surface area contributed by atoms with Gasteiger partial charge < -0.3 is 14.5 Å². The maximum atomic E-state index is 13.5. The van der Waals surface area contributed by atoms with Crippen LogP contribution in [0.1, 0.15) is 5.56 Å². The third-order valence-electron chi connectivity index (χ3n) is 5.43. The van der Waals surface area contributed by atoms with Gasteiger partial charge in [0.1, 0.15) is 5.75 Å². The second kappa shape index (κ2) is 8.02. The molecule has 0 spiro atoms. The molecule has 2 heterocycles. The number of anilines is 1. The van der Waals surface area contributed by atoms with Gasteiger partial charge in [0.05, 0.1) is 24.1 Å². The van der Waals surface area contributed by atoms with Crippen molar-refractivity contribution in [1.29, 1.82) is 0 Å². The van der Waals surface area contributed by atoms with Crippen molar-refractivity contribution in [3.63, 3.8) is 0 Å². The molecule has 1 aliphatic heterocycles. The van der Waals surface area contributed by atoms with E-state index in [1.54, 1.807) is 6.07 Å². The zero-order chi connectivity index (χ0) is 21.3. The molecule has 0 aliphatic carbocycles. The standard InChI is InChI=1S/C22H23F3N4O/c1-28-9-11-29(12-10-28)16-5-3-15(4-6-16)20-14-21(27-26-20)18-8-7-17(30-2)13-19(18)22(23,24)25/h3-8,13-14H,9-12H2,1-2H3,(H,26,27). The summed E-state index contributed by atoms with van der Waals surface area (Å²) >= 11 is 0. The van der Waals surface area contributed by atoms with Crippen LogP contribution in [-0.2, 0) is 6.18 Å². The summed E-state index contributed by atoms with van der Waals surface area (Å²) < 4.78 is 45.5. The minimum absolute atomic E-state index is 0.0381. The van der Waals surface area contributed by atoms with Crippen molar-refractivity contribution < 1.29 is 17.9 Å². The van der Waals surface area contributed by atoms with Gasteiger partial charge in [0.25, 0.3) is 0 Å². The SMILES string of the molecule is COc1ccc(-c2cc(-c3ccc(N4CCN(C)CC4)cc3)n[nH]2)c(C(F)(F)F)c1. The summed E-state index contributed by atoms with van der Waals surface area (Å²) in [6, 6.07) is 13.5. The molecule has 3 aromatic rings. The van der Waals surface area contributed by atoms with Crippen LogP contribution in [-0.4, -0.2) is 55.4 Å². The van der Waals surface area contributed by atoms with E-state index in [1.807, 2.05) is 24.3 Å². The van der Waals surface area contributed by atoms with E-state index in [2.05, 4.69) is 27.0 Å². The monoisotopic (exact) mass is 416 g/mol. The molecule has 0 saturated carbocycles. The predicted octanol–water partition coefficient (Wildman–Crippen LogP) is 4.52. The molecule has 4 rings (SSSR count). The van der Waals surface area contributed by atoms with Crippen LogP contribution in [0.25, 0.3) is 22.5 Å². The second-order valence-electron chi connectivity index (χ2n) is 7.41. The first-order valence-corrected chi connectivity index (χ1v) is 9.70. The maximum absolute atomic E-state index is 13.5. The number of nitrogens with one attached hydrogen (secondary N) is 1. The van der Waals surface area contributed by atoms with Crippen LogP contribution in [0.15, 0.2) is 48.5 Å². The highest BCUT2D eigenvalue weighted by Gasteiger charge is 2.34. The fourth-order valence-electron chi connectivity index (χ4n) is 3.63. The first-order valence-electron chi connectivity index (χ1n) is 9.70. The average Bonchev–Trinajstić information content (AvgIpc) is 3.23. The van der Waals surface area contributed by atoms with Gasteiger partial charge in [-0.3, -0.25) is 5.10 Å². The number of piperazine rings is 1. The number of halogens is 3. The molecule has 1 aromatic heterocycles. The summed E-state index contributed by atoms with van der Waals surface area (Å²) in [7, 11) is 3.46. The van der Waals surface area contributed by atoms with Gasteiger partial charge in [0.15, 0.2) is 0 Å². The number of aromatic nitrogens is 2. The largest absolute Gasteiger partial charge is 0.497 e. The molecule has 1 saturated heterocycles. The summed E-state index contributed by atoms with van der Waals surface area (Å²) in [6.07, 6.45) is -4.50. The van der Waals surface area contributed by atoms with Crippen molar-refractivity contribution in [2.75, 3.05) is 45.2 Å². The van der Waals surface area contributed by atoms with Crippen LogP contribution >= 0.6 is 0 Å². The lowest BCUT2D eigenvalue weighted by atomic mass is 10.0. The van der Waals surface area contributed by atoms with Gasteiger partial charge in [-0.25, -0.2) is 0 Å². The Labute approximate surface area is 173 Å². The summed E-state index contributed by atoms with van der Waals surface area (Å²) in [4.78, 5) is 4.62. The quantitative estimate of drug-likeness (QED) is 0.679. The maximum Gasteiger partial charge on any atom is 0.417 e. The van der Waals surface area contributed by atoms with Gasteiger partial charge in [-0.2, -0.15) is 18.3 Å². The second-order valence-corrected chi connectivity index (χ2v) is 7.41. The molecule has 0 radical (unpaired) electrons. The molecular weight excluding hydrogens is 393 g/mol. The Kier molecular flexibility index (Phi) is 5.42. The number of hydrogen-bond acceptors (Lipinski definition) is 4. The molecule has 5 nitrogen and oxygen atoms in total. The zero-order valence-corrected chi connectivity index (χ0v) is 16.8. The minimum Gasteiger partial charge on any atom is -0.497 e. The summed E-state index contributed by atoms with van der Waals surface area (Å²) in [5.41, 5.74) is 2.16. The zero-order valence-electron chi connectivity index (χ0n) is 16.8. The van der Waals surface area contributed by atoms with Gasteiger partial charge >= 0.3 is 6.18 Å². The Balaban J connectivity index is 1.59. The van der Waals surface area contributed by atoms with Crippen LogP contribution in [0.2, 0.25) is 0 Å². The van der Waals surface area contributed by atoms with Crippen molar-refractivity contribution in [3.05, 3.63) is 54.1 Å². The molecule has 0 amide bonds. The van der Waals surface area contributed by atoms with Crippen LogP contribution in [0.4, 0.5) is 18.9 Å². The average molecular weight is 416 g/mol. The van der Waals surface area contributed by atoms with Gasteiger partial charge in [-0.1, -0.05) is 12.1 Å². The van der Waals surface area contributed by atoms with Crippen molar-refractivity contribution in [1.82, 2.24) is 15.1 Å². The molecule has 0 unspecified atom stereocenters. The number of nitrogens with zero attached hydrogens (tertiary/aromatic N) is 3. The Bertz CT molecular complexity index is 1010. The van der Waals surface area contributed by atoms with Gasteiger partial charge in [0.2, 0.25) is 0 Å². The number of likely N-dealkylation sites (N-methyl/N-ethyl adjacent to an activating group) is 1. The van der Waals surface area contributed by atoms with E-state index in [4.69, 9.17) is 4.74 Å². The molecule has 0 atom stereocenters. The molecule has 1 aliphatic rings. The smallest absolute Gasteiger partial charge is 0.417 e. The molecule has 0 bridgehead atoms. The van der Waals surface area contributed by atoms with Gasteiger partial charge in [0, 0.05) is 43.0 Å². The van der Waals surface area contributed by atoms with Crippen LogP contribution < -0.4 is 9.64 Å². The van der Waals surface area contributed by atoms with Crippen LogP contribution in [0.5, 0.6) is 5.75 Å². The molecule has 158 valence electrons. The van der Waals surface area contributed by atoms with E-state index >= 15 is 0 Å². The lowest BCUT2D eigenvalue weighted by molar-refractivity contribution is -0.137. The normalized spacial score (nSPS) is 15.4. The molecule has 1 N–H and O–H groups in total. The highest BCUT2D eigenvalue weighted by molar-refractivity contribution is 5.72. The third-order valence-corrected chi connectivity index (χ3v) is 5.43. The van der Waals surface area contributed by atoms with Crippen molar-refractivity contribution in [3.8, 4) is 28.3 Å². The number of methoxy groups -OCH3 is 1. The molecule has 2 aromatic carbocycles. The molecule has 8 heteroatoms. The van der Waals surface area contributed by atoms with Crippen LogP contribution in [0.3, 0.4) is 0 Å². The number of hydrogen-bond donors (Lipinski definition) is 1. The highest BCUT2D eigenvalue weighted by atomic mass is 19.4. The van der Waals surface area contributed by atoms with Gasteiger partial charge in [-0.15, -0.1) is 0 Å². The van der Waals surface area contributed by atoms with E-state index in [-0.39, 0.29) is 11.3 Å². The van der Waals surface area contributed by atoms with Gasteiger partial charge in [-0.05, 0) is 43.4 Å². The third kappa shape index (κ3) is 4.14. The topological polar surface area (TPSA) is 44.4 Å². The molecular formula is C22H23F3N4O. The fraction of sp³-hybridized carbons (Fsp3) is 0.318. The summed E-state index contributed by atoms with van der Waals surface area (Å²) in [5.74, 6) is 0.158. The van der Waals surface area contributed by atoms with E-state index in [0.717, 1.165) is 43.5 Å². The number of ether oxygens (including phenoxy) is 1. The Morgan fingerprint density at radius 1 is 0.967 bits per heavy atom. The van der Waals surface area contributed by atoms with E-state index in [9.17, 15) is 13.2 Å². The van der Waals surface area contributed by atoms with E-state index in [1.165, 1.54) is 19.2 Å². The number of aromatic amines is 1. The van der Waals surface area contributed by atoms with E-state index < -0.39 is 11.7 Å². The Hall–Kier alpha value is -3.00. The lowest BCUT2D eigenvalue weighted by Crippen LogP contribution is -2.44. The number of H-pyrrole nitrogens is 1. The molecule has 30 heavy (non-hydrogen) atoms. The van der Waals surface area contributed by atoms with E-state index in [0.29, 0.717) is 11.4 Å². The Morgan fingerprint density at radius 3 is 2.30 bits per heavy atom. The summed E-state index contributed by atoms with van der Waals surface area (Å²) in [6.45, 7) is 3.99. The number of benzene rings is 2. The number of alkyl halides is 3. The van der Waals surface area contributed by atoms with Crippen molar-refractivity contribution >= 4 is 5.69 Å². The predicted molar refractivity (Wildman–Crippen MR) is 111 cm³/mol. The first-order chi connectivity index (χ1) is 14.3. The van der Waals surface area contributed by atoms with Crippen molar-refractivity contribution in [2.24, 2.45) is 0 Å². The summed E-state index contributed by atoms with van der Waals surface area (Å²) in [5, 5.41) is 6.98. The lowest BCUT2D eigenvalue weighted by Gasteiger charge is -2.34. The minimum atomic E-state index is -4.50.